The van der Waals surface area contributed by atoms with Gasteiger partial charge in [-0.2, -0.15) is 15.0 Å². The van der Waals surface area contributed by atoms with Crippen LogP contribution in [0.5, 0.6) is 0 Å². The average Bonchev–Trinajstić information content (AvgIpc) is 3.35. The van der Waals surface area contributed by atoms with Crippen molar-refractivity contribution in [3.05, 3.63) is 70.6 Å². The summed E-state index contributed by atoms with van der Waals surface area (Å²) in [6.07, 6.45) is 1.73. The largest absolute Gasteiger partial charge is 0.420 e. The van der Waals surface area contributed by atoms with Crippen molar-refractivity contribution in [2.45, 2.75) is 25.4 Å². The minimum atomic E-state index is -1.02. The monoisotopic (exact) mass is 421 g/mol. The van der Waals surface area contributed by atoms with Crippen LogP contribution in [0.15, 0.2) is 57.9 Å². The van der Waals surface area contributed by atoms with E-state index in [1.165, 1.54) is 16.9 Å². The van der Waals surface area contributed by atoms with Gasteiger partial charge in [-0.3, -0.25) is 19.5 Å². The maximum atomic E-state index is 15.4. The Morgan fingerprint density at radius 1 is 1.13 bits per heavy atom. The number of fused-ring (bicyclic) bond motifs is 1. The molecular weight excluding hydrogens is 405 g/mol. The van der Waals surface area contributed by atoms with Gasteiger partial charge in [-0.25, -0.2) is 9.18 Å². The summed E-state index contributed by atoms with van der Waals surface area (Å²) < 4.78 is 21.5. The summed E-state index contributed by atoms with van der Waals surface area (Å²) in [5.74, 6) is -2.65. The molecule has 156 valence electrons. The fourth-order valence-electron chi connectivity index (χ4n) is 3.73. The molecule has 2 aromatic carbocycles. The maximum Gasteiger partial charge on any atom is 0.420 e. The van der Waals surface area contributed by atoms with E-state index in [2.05, 4.69) is 15.5 Å². The molecule has 4 aromatic rings. The van der Waals surface area contributed by atoms with Crippen LogP contribution in [0, 0.1) is 5.82 Å². The van der Waals surface area contributed by atoms with Gasteiger partial charge in [-0.15, -0.1) is 0 Å². The van der Waals surface area contributed by atoms with Crippen LogP contribution >= 0.6 is 0 Å². The van der Waals surface area contributed by atoms with Crippen LogP contribution in [0.4, 0.5) is 4.39 Å². The van der Waals surface area contributed by atoms with E-state index >= 15 is 4.39 Å². The molecule has 5 rings (SSSR count). The molecule has 1 aliphatic rings. The number of hydrogen-bond donors (Lipinski definition) is 1. The standard InChI is InChI=1S/C21H16FN5O4/c22-18-13(11-26-23-10-14(25-26)12-4-2-1-3-5-12)6-8-16-19(18)27(21(30)31-16)15-7-9-17(28)24-20(15)29/h1-6,8,10,15H,7,9,11H2,(H,24,28,29). The van der Waals surface area contributed by atoms with Gasteiger partial charge in [0.15, 0.2) is 11.4 Å². The molecule has 0 spiro atoms. The number of imide groups is 1. The van der Waals surface area contributed by atoms with Crippen molar-refractivity contribution in [3.63, 3.8) is 0 Å². The van der Waals surface area contributed by atoms with Crippen molar-refractivity contribution in [2.24, 2.45) is 0 Å². The van der Waals surface area contributed by atoms with Crippen molar-refractivity contribution >= 4 is 22.9 Å². The molecule has 0 radical (unpaired) electrons. The molecule has 1 saturated heterocycles. The number of rotatable bonds is 4. The van der Waals surface area contributed by atoms with E-state index < -0.39 is 29.4 Å². The van der Waals surface area contributed by atoms with Crippen LogP contribution in [0.25, 0.3) is 22.4 Å². The molecule has 0 aliphatic carbocycles. The molecule has 9 nitrogen and oxygen atoms in total. The van der Waals surface area contributed by atoms with E-state index in [0.29, 0.717) is 5.69 Å². The third-order valence-electron chi connectivity index (χ3n) is 5.23. The van der Waals surface area contributed by atoms with Gasteiger partial charge in [0.1, 0.15) is 17.3 Å². The van der Waals surface area contributed by atoms with E-state index in [4.69, 9.17) is 4.42 Å². The molecule has 31 heavy (non-hydrogen) atoms. The Labute approximate surface area is 174 Å². The second kappa shape index (κ2) is 7.31. The number of nitrogens with one attached hydrogen (secondary N) is 1. The smallest absolute Gasteiger partial charge is 0.408 e. The minimum absolute atomic E-state index is 0.0172. The predicted molar refractivity (Wildman–Crippen MR) is 106 cm³/mol. The molecule has 1 fully saturated rings. The third-order valence-corrected chi connectivity index (χ3v) is 5.23. The summed E-state index contributed by atoms with van der Waals surface area (Å²) in [5.41, 5.74) is 1.66. The van der Waals surface area contributed by atoms with Crippen molar-refractivity contribution in [3.8, 4) is 11.3 Å². The van der Waals surface area contributed by atoms with Crippen LogP contribution in [-0.4, -0.2) is 31.4 Å². The highest BCUT2D eigenvalue weighted by molar-refractivity contribution is 6.00. The van der Waals surface area contributed by atoms with Gasteiger partial charge in [-0.1, -0.05) is 36.4 Å². The lowest BCUT2D eigenvalue weighted by Crippen LogP contribution is -2.43. The van der Waals surface area contributed by atoms with Crippen molar-refractivity contribution in [1.82, 2.24) is 24.9 Å². The summed E-state index contributed by atoms with van der Waals surface area (Å²) in [6, 6.07) is 11.4. The van der Waals surface area contributed by atoms with Crippen molar-refractivity contribution in [2.75, 3.05) is 0 Å². The Morgan fingerprint density at radius 3 is 2.71 bits per heavy atom. The van der Waals surface area contributed by atoms with Gasteiger partial charge < -0.3 is 4.42 Å². The lowest BCUT2D eigenvalue weighted by molar-refractivity contribution is -0.135. The van der Waals surface area contributed by atoms with Crippen molar-refractivity contribution < 1.29 is 18.4 Å². The lowest BCUT2D eigenvalue weighted by atomic mass is 10.1. The molecule has 1 aliphatic heterocycles. The summed E-state index contributed by atoms with van der Waals surface area (Å²) in [5, 5.41) is 10.7. The van der Waals surface area contributed by atoms with E-state index in [0.717, 1.165) is 10.1 Å². The molecular formula is C21H16FN5O4. The Balaban J connectivity index is 1.52. The Morgan fingerprint density at radius 2 is 1.94 bits per heavy atom. The molecule has 2 aromatic heterocycles. The van der Waals surface area contributed by atoms with Gasteiger partial charge in [-0.05, 0) is 12.5 Å². The van der Waals surface area contributed by atoms with Crippen LogP contribution in [0.3, 0.4) is 0 Å². The summed E-state index contributed by atoms with van der Waals surface area (Å²) >= 11 is 0. The van der Waals surface area contributed by atoms with Gasteiger partial charge in [0, 0.05) is 17.5 Å². The van der Waals surface area contributed by atoms with Crippen molar-refractivity contribution in [1.29, 1.82) is 0 Å². The number of hydrogen-bond acceptors (Lipinski definition) is 6. The highest BCUT2D eigenvalue weighted by atomic mass is 19.1. The number of piperidine rings is 1. The zero-order chi connectivity index (χ0) is 21.5. The molecule has 10 heteroatoms. The highest BCUT2D eigenvalue weighted by Crippen LogP contribution is 2.27. The van der Waals surface area contributed by atoms with Gasteiger partial charge in [0.05, 0.1) is 12.7 Å². The fraction of sp³-hybridized carbons (Fsp3) is 0.190. The number of oxazole rings is 1. The number of carbonyl (C=O) groups is 2. The zero-order valence-electron chi connectivity index (χ0n) is 16.1. The minimum Gasteiger partial charge on any atom is -0.408 e. The Bertz CT molecular complexity index is 1370. The first-order valence-corrected chi connectivity index (χ1v) is 9.63. The fourth-order valence-corrected chi connectivity index (χ4v) is 3.73. The molecule has 0 saturated carbocycles. The molecule has 0 bridgehead atoms. The summed E-state index contributed by atoms with van der Waals surface area (Å²) in [6.45, 7) is 0.0172. The Hall–Kier alpha value is -4.08. The zero-order valence-corrected chi connectivity index (χ0v) is 16.1. The predicted octanol–water partition coefficient (Wildman–Crippen LogP) is 2.02. The first-order valence-electron chi connectivity index (χ1n) is 9.63. The van der Waals surface area contributed by atoms with E-state index in [1.54, 1.807) is 6.20 Å². The molecule has 3 heterocycles. The van der Waals surface area contributed by atoms with Gasteiger partial charge in [0.2, 0.25) is 11.8 Å². The lowest BCUT2D eigenvalue weighted by Gasteiger charge is -2.21. The molecule has 2 amide bonds. The number of halogens is 1. The SMILES string of the molecule is O=C1CCC(n2c(=O)oc3ccc(Cn4ncc(-c5ccccc5)n4)c(F)c32)C(=O)N1. The van der Waals surface area contributed by atoms with Crippen LogP contribution in [0.2, 0.25) is 0 Å². The van der Waals surface area contributed by atoms with Gasteiger partial charge >= 0.3 is 5.76 Å². The Kier molecular flexibility index (Phi) is 4.46. The number of aromatic nitrogens is 4. The number of carbonyl (C=O) groups excluding carboxylic acids is 2. The molecule has 1 atom stereocenters. The first kappa shape index (κ1) is 18.9. The van der Waals surface area contributed by atoms with E-state index in [9.17, 15) is 14.4 Å². The second-order valence-electron chi connectivity index (χ2n) is 7.22. The molecule has 1 N–H and O–H groups in total. The molecule has 1 unspecified atom stereocenters. The topological polar surface area (TPSA) is 112 Å². The van der Waals surface area contributed by atoms with E-state index in [-0.39, 0.29) is 36.0 Å². The van der Waals surface area contributed by atoms with E-state index in [1.807, 2.05) is 30.3 Å². The summed E-state index contributed by atoms with van der Waals surface area (Å²) in [7, 11) is 0. The van der Waals surface area contributed by atoms with Crippen LogP contribution in [0.1, 0.15) is 24.4 Å². The number of amides is 2. The number of nitrogens with zero attached hydrogens (tertiary/aromatic N) is 4. The second-order valence-corrected chi connectivity index (χ2v) is 7.22. The highest BCUT2D eigenvalue weighted by Gasteiger charge is 2.32. The van der Waals surface area contributed by atoms with Crippen LogP contribution in [-0.2, 0) is 16.1 Å². The third kappa shape index (κ3) is 3.31. The summed E-state index contributed by atoms with van der Waals surface area (Å²) in [4.78, 5) is 37.4. The van der Waals surface area contributed by atoms with Crippen LogP contribution < -0.4 is 11.1 Å². The quantitative estimate of drug-likeness (QED) is 0.505. The normalized spacial score (nSPS) is 16.6. The average molecular weight is 421 g/mol. The maximum absolute atomic E-state index is 15.4. The van der Waals surface area contributed by atoms with Gasteiger partial charge in [0.25, 0.3) is 0 Å². The first-order chi connectivity index (χ1) is 15.0. The number of benzene rings is 2.